The Balaban J connectivity index is 1.22. The molecule has 1 atom stereocenters. The third-order valence-electron chi connectivity index (χ3n) is 7.24. The first kappa shape index (κ1) is 34.0. The third-order valence-corrected chi connectivity index (χ3v) is 7.24. The number of ether oxygens (including phenoxy) is 1. The van der Waals surface area contributed by atoms with Crippen molar-refractivity contribution < 1.29 is 27.4 Å². The van der Waals surface area contributed by atoms with E-state index in [1.54, 1.807) is 35.1 Å². The van der Waals surface area contributed by atoms with Crippen LogP contribution in [0.5, 0.6) is 5.75 Å². The van der Waals surface area contributed by atoms with Gasteiger partial charge in [0.05, 0.1) is 24.8 Å². The number of pyridine rings is 1. The molecule has 2 heterocycles. The Bertz CT molecular complexity index is 2060. The van der Waals surface area contributed by atoms with Gasteiger partial charge < -0.3 is 15.7 Å². The highest BCUT2D eigenvalue weighted by Crippen LogP contribution is 2.46. The van der Waals surface area contributed by atoms with Gasteiger partial charge in [-0.05, 0) is 59.7 Å². The van der Waals surface area contributed by atoms with Crippen molar-refractivity contribution in [3.05, 3.63) is 148 Å². The highest BCUT2D eigenvalue weighted by Gasteiger charge is 2.57. The largest absolute Gasteiger partial charge is 0.489 e. The highest BCUT2D eigenvalue weighted by molar-refractivity contribution is 5.54. The van der Waals surface area contributed by atoms with E-state index in [2.05, 4.69) is 43.3 Å². The van der Waals surface area contributed by atoms with E-state index in [0.29, 0.717) is 54.1 Å². The van der Waals surface area contributed by atoms with Crippen molar-refractivity contribution in [3.63, 3.8) is 0 Å². The zero-order valence-electron chi connectivity index (χ0n) is 25.5. The molecule has 10 nitrogen and oxygen atoms in total. The van der Waals surface area contributed by atoms with Crippen LogP contribution in [0.2, 0.25) is 0 Å². The summed E-state index contributed by atoms with van der Waals surface area (Å²) in [7, 11) is 0. The number of rotatable bonds is 11. The van der Waals surface area contributed by atoms with E-state index in [9.17, 15) is 13.9 Å². The first-order valence-electron chi connectivity index (χ1n) is 14.5. The van der Waals surface area contributed by atoms with Gasteiger partial charge in [-0.1, -0.05) is 41.3 Å². The molecule has 0 fully saturated rings. The molecule has 5 aromatic rings. The molecule has 1 unspecified atom stereocenters. The van der Waals surface area contributed by atoms with Gasteiger partial charge in [-0.15, -0.1) is 5.11 Å². The maximum absolute atomic E-state index is 15.8. The van der Waals surface area contributed by atoms with Gasteiger partial charge in [0.1, 0.15) is 42.1 Å². The molecule has 3 N–H and O–H groups in total. The Morgan fingerprint density at radius 1 is 0.918 bits per heavy atom. The predicted molar refractivity (Wildman–Crippen MR) is 170 cm³/mol. The Morgan fingerprint density at radius 2 is 1.63 bits per heavy atom. The molecule has 49 heavy (non-hydrogen) atoms. The summed E-state index contributed by atoms with van der Waals surface area (Å²) in [4.78, 5) is 7.36. The third kappa shape index (κ3) is 8.13. The van der Waals surface area contributed by atoms with Gasteiger partial charge in [0.15, 0.2) is 5.60 Å². The molecule has 14 heteroatoms. The zero-order chi connectivity index (χ0) is 34.9. The average Bonchev–Trinajstić information content (AvgIpc) is 3.57. The molecule has 3 aromatic carbocycles. The quantitative estimate of drug-likeness (QED) is 0.0347. The Kier molecular flexibility index (Phi) is 10.4. The summed E-state index contributed by atoms with van der Waals surface area (Å²) in [6.45, 7) is -0.197. The summed E-state index contributed by atoms with van der Waals surface area (Å²) >= 11 is 0. The van der Waals surface area contributed by atoms with E-state index >= 15 is 8.78 Å². The molecule has 0 saturated heterocycles. The van der Waals surface area contributed by atoms with Crippen molar-refractivity contribution >= 4 is 6.34 Å². The van der Waals surface area contributed by atoms with Crippen LogP contribution in [0.15, 0.2) is 113 Å². The molecule has 2 aromatic heterocycles. The topological polar surface area (TPSA) is 147 Å². The lowest BCUT2D eigenvalue weighted by molar-refractivity contribution is -0.193. The first-order chi connectivity index (χ1) is 23.6. The molecule has 0 aliphatic carbocycles. The number of aliphatic imine (C=N–C) groups is 1. The molecular formula is C35H26F4N8O2. The van der Waals surface area contributed by atoms with Crippen LogP contribution in [0.3, 0.4) is 0 Å². The van der Waals surface area contributed by atoms with Gasteiger partial charge in [0.25, 0.3) is 0 Å². The number of halogens is 4. The molecule has 0 radical (unpaired) electrons. The maximum Gasteiger partial charge on any atom is 0.323 e. The van der Waals surface area contributed by atoms with Crippen LogP contribution in [0.1, 0.15) is 39.1 Å². The number of aromatic nitrogens is 3. The van der Waals surface area contributed by atoms with Crippen molar-refractivity contribution in [2.45, 2.75) is 24.7 Å². The minimum atomic E-state index is -4.20. The van der Waals surface area contributed by atoms with Crippen LogP contribution in [0.4, 0.5) is 17.6 Å². The zero-order valence-corrected chi connectivity index (χ0v) is 25.5. The summed E-state index contributed by atoms with van der Waals surface area (Å²) in [5, 5.41) is 30.3. The van der Waals surface area contributed by atoms with E-state index in [-0.39, 0.29) is 0 Å². The van der Waals surface area contributed by atoms with Crippen LogP contribution in [-0.4, -0.2) is 32.8 Å². The second-order valence-corrected chi connectivity index (χ2v) is 10.6. The van der Waals surface area contributed by atoms with Crippen molar-refractivity contribution in [2.75, 3.05) is 6.54 Å². The van der Waals surface area contributed by atoms with E-state index in [4.69, 9.17) is 15.8 Å². The normalized spacial score (nSPS) is 12.7. The van der Waals surface area contributed by atoms with Gasteiger partial charge in [0.2, 0.25) is 0 Å². The van der Waals surface area contributed by atoms with E-state index in [0.717, 1.165) is 29.5 Å². The molecular weight excluding hydrogens is 640 g/mol. The summed E-state index contributed by atoms with van der Waals surface area (Å²) in [6.07, 6.45) is 5.00. The minimum absolute atomic E-state index is 0.291. The Morgan fingerprint density at radius 3 is 2.29 bits per heavy atom. The van der Waals surface area contributed by atoms with E-state index in [1.807, 2.05) is 24.3 Å². The van der Waals surface area contributed by atoms with Gasteiger partial charge in [-0.25, -0.2) is 8.78 Å². The number of nitriles is 1. The molecule has 0 amide bonds. The molecule has 0 saturated carbocycles. The lowest BCUT2D eigenvalue weighted by Crippen LogP contribution is -2.47. The SMILES string of the molecule is N#Cc1cnn(Cc2ccc(COc3ccc(C#Cc4ccc(C(F)(F)C(O)(CN=CN=NN)c5ccc(F)cc5F)nc4)cc3)cc2)c1. The number of alkyl halides is 2. The first-order valence-corrected chi connectivity index (χ1v) is 14.5. The molecule has 246 valence electrons. The number of hydrogen-bond donors (Lipinski definition) is 2. The van der Waals surface area contributed by atoms with Crippen LogP contribution in [0.25, 0.3) is 0 Å². The Hall–Kier alpha value is -6.38. The lowest BCUT2D eigenvalue weighted by atomic mass is 9.84. The van der Waals surface area contributed by atoms with E-state index in [1.165, 1.54) is 12.3 Å². The minimum Gasteiger partial charge on any atom is -0.489 e. The molecule has 0 spiro atoms. The van der Waals surface area contributed by atoms with Crippen molar-refractivity contribution in [2.24, 2.45) is 21.2 Å². The summed E-state index contributed by atoms with van der Waals surface area (Å²) < 4.78 is 67.3. The van der Waals surface area contributed by atoms with Gasteiger partial charge in [0, 0.05) is 35.2 Å². The second-order valence-electron chi connectivity index (χ2n) is 10.6. The lowest BCUT2D eigenvalue weighted by Gasteiger charge is -2.34. The summed E-state index contributed by atoms with van der Waals surface area (Å²) in [6, 6.07) is 20.9. The fourth-order valence-electron chi connectivity index (χ4n) is 4.66. The number of hydrogen-bond acceptors (Lipinski definition) is 7. The number of nitrogens with two attached hydrogens (primary N) is 1. The van der Waals surface area contributed by atoms with Crippen molar-refractivity contribution in [1.82, 2.24) is 14.8 Å². The number of benzene rings is 3. The summed E-state index contributed by atoms with van der Waals surface area (Å²) in [5.41, 5.74) is -1.67. The maximum atomic E-state index is 15.8. The monoisotopic (exact) mass is 666 g/mol. The van der Waals surface area contributed by atoms with Crippen molar-refractivity contribution in [3.8, 4) is 23.7 Å². The standard InChI is InChI=1S/C35H26F4N8O2/c36-29-10-13-31(32(37)15-29)34(48,22-42-23-44-46-41)35(38,39)33-14-9-25(17-43-33)2-1-24-7-11-30(12-8-24)49-21-27-5-3-26(4-6-27)19-47-20-28(16-40)18-45-47/h3-15,17-18,20,23,48H,19,21-22H2,(H2,41,42,44). The van der Waals surface area contributed by atoms with E-state index < -0.39 is 41.0 Å². The van der Waals surface area contributed by atoms with Crippen LogP contribution >= 0.6 is 0 Å². The predicted octanol–water partition coefficient (Wildman–Crippen LogP) is 5.79. The smallest absolute Gasteiger partial charge is 0.323 e. The molecule has 0 bridgehead atoms. The highest BCUT2D eigenvalue weighted by atomic mass is 19.3. The fourth-order valence-corrected chi connectivity index (χ4v) is 4.66. The average molecular weight is 667 g/mol. The molecule has 0 aliphatic rings. The fraction of sp³-hybridized carbons (Fsp3) is 0.143. The van der Waals surface area contributed by atoms with Gasteiger partial charge in [-0.3, -0.25) is 14.7 Å². The van der Waals surface area contributed by atoms with Gasteiger partial charge in [-0.2, -0.15) is 19.1 Å². The van der Waals surface area contributed by atoms with Crippen LogP contribution in [-0.2, 0) is 24.7 Å². The van der Waals surface area contributed by atoms with Crippen molar-refractivity contribution in [1.29, 1.82) is 5.26 Å². The second kappa shape index (κ2) is 15.0. The van der Waals surface area contributed by atoms with Gasteiger partial charge >= 0.3 is 5.92 Å². The summed E-state index contributed by atoms with van der Waals surface area (Å²) in [5.74, 6) is 4.62. The molecule has 0 aliphatic heterocycles. The number of nitrogens with zero attached hydrogens (tertiary/aromatic N) is 7. The Labute approximate surface area is 277 Å². The number of aliphatic hydroxyl groups is 1. The molecule has 5 rings (SSSR count). The van der Waals surface area contributed by atoms with Crippen LogP contribution < -0.4 is 10.6 Å². The van der Waals surface area contributed by atoms with Crippen LogP contribution in [0, 0.1) is 34.8 Å².